The van der Waals surface area contributed by atoms with Crippen LogP contribution in [0.1, 0.15) is 44.5 Å². The quantitative estimate of drug-likeness (QED) is 0.161. The van der Waals surface area contributed by atoms with Gasteiger partial charge in [0, 0.05) is 16.5 Å². The molecule has 0 amide bonds. The molecule has 0 radical (unpaired) electrons. The predicted molar refractivity (Wildman–Crippen MR) is 246 cm³/mol. The van der Waals surface area contributed by atoms with Gasteiger partial charge in [-0.3, -0.25) is 0 Å². The van der Waals surface area contributed by atoms with E-state index in [2.05, 4.69) is 235 Å². The van der Waals surface area contributed by atoms with Gasteiger partial charge in [-0.05, 0) is 86.0 Å². The molecule has 0 spiro atoms. The maximum absolute atomic E-state index is 6.17. The van der Waals surface area contributed by atoms with Crippen LogP contribution in [0.5, 0.6) is 0 Å². The van der Waals surface area contributed by atoms with Crippen LogP contribution in [0.2, 0.25) is 0 Å². The second-order valence-corrected chi connectivity index (χ2v) is 15.9. The summed E-state index contributed by atoms with van der Waals surface area (Å²) < 4.78 is 6.17. The minimum atomic E-state index is -0.624. The first-order chi connectivity index (χ1) is 29.8. The molecule has 2 nitrogen and oxygen atoms in total. The predicted octanol–water partition coefficient (Wildman–Crippen LogP) is 14.6. The van der Waals surface area contributed by atoms with Crippen molar-refractivity contribution in [3.8, 4) is 22.3 Å². The number of furan rings is 1. The molecule has 60 heavy (non-hydrogen) atoms. The van der Waals surface area contributed by atoms with Crippen LogP contribution in [0.25, 0.3) is 33.2 Å². The Bertz CT molecular complexity index is 3120. The van der Waals surface area contributed by atoms with Crippen LogP contribution in [-0.2, 0) is 10.8 Å². The molecule has 1 heterocycles. The SMILES string of the molecule is c1ccc(C2(c3ccccc3)c3ccccc3-c3c(N(c4cccc5c4C(c4ccccc4)(c4ccccc4)c4ccccc4-5)c4cccc5occc45)cccc32)cc1. The fourth-order valence-electron chi connectivity index (χ4n) is 10.9. The first-order valence-electron chi connectivity index (χ1n) is 20.8. The fraction of sp³-hybridized carbons (Fsp3) is 0.0345. The Morgan fingerprint density at radius 2 is 0.767 bits per heavy atom. The third-order valence-corrected chi connectivity index (χ3v) is 13.1. The van der Waals surface area contributed by atoms with Crippen molar-refractivity contribution in [2.45, 2.75) is 10.8 Å². The number of hydrogen-bond acceptors (Lipinski definition) is 2. The third-order valence-electron chi connectivity index (χ3n) is 13.1. The van der Waals surface area contributed by atoms with E-state index in [4.69, 9.17) is 4.42 Å². The number of rotatable bonds is 7. The number of fused-ring (bicyclic) bond motifs is 7. The van der Waals surface area contributed by atoms with E-state index in [1.165, 1.54) is 66.8 Å². The first kappa shape index (κ1) is 34.4. The van der Waals surface area contributed by atoms with E-state index in [-0.39, 0.29) is 0 Å². The number of anilines is 3. The minimum absolute atomic E-state index is 0.551. The van der Waals surface area contributed by atoms with E-state index in [0.29, 0.717) is 0 Å². The van der Waals surface area contributed by atoms with Gasteiger partial charge in [0.1, 0.15) is 5.58 Å². The van der Waals surface area contributed by atoms with Gasteiger partial charge in [-0.2, -0.15) is 0 Å². The maximum atomic E-state index is 6.17. The smallest absolute Gasteiger partial charge is 0.135 e. The van der Waals surface area contributed by atoms with Gasteiger partial charge >= 0.3 is 0 Å². The Kier molecular flexibility index (Phi) is 7.70. The lowest BCUT2D eigenvalue weighted by atomic mass is 9.67. The van der Waals surface area contributed by atoms with Gasteiger partial charge in [-0.15, -0.1) is 0 Å². The van der Waals surface area contributed by atoms with Crippen LogP contribution in [0.3, 0.4) is 0 Å². The molecule has 0 atom stereocenters. The van der Waals surface area contributed by atoms with Crippen LogP contribution in [0.4, 0.5) is 17.1 Å². The fourth-order valence-corrected chi connectivity index (χ4v) is 10.9. The summed E-state index contributed by atoms with van der Waals surface area (Å²) in [6.07, 6.45) is 1.82. The molecule has 0 aliphatic heterocycles. The Labute approximate surface area is 350 Å². The van der Waals surface area contributed by atoms with Crippen LogP contribution in [0.15, 0.2) is 241 Å². The lowest BCUT2D eigenvalue weighted by Gasteiger charge is -2.38. The molecule has 0 saturated carbocycles. The summed E-state index contributed by atoms with van der Waals surface area (Å²) in [5, 5.41) is 1.05. The van der Waals surface area contributed by atoms with Crippen LogP contribution < -0.4 is 4.90 Å². The molecule has 10 aromatic rings. The lowest BCUT2D eigenvalue weighted by molar-refractivity contribution is 0.616. The summed E-state index contributed by atoms with van der Waals surface area (Å²) in [4.78, 5) is 2.55. The van der Waals surface area contributed by atoms with Crippen molar-refractivity contribution in [1.82, 2.24) is 0 Å². The standard InChI is InChI=1S/C58H39NO/c1-5-20-40(21-6-1)57(41-22-7-2-8-23-41)49-32-16-14-29-46(49)55-50(57)33-18-35-52(55)59(51-34-19-37-54-47(51)38-39-60-54)53-36-17-30-45-44-28-13-15-31-48(44)58(56(45)53,42-24-9-3-10-25-42)43-26-11-4-12-27-43/h1-39H. The molecule has 0 fully saturated rings. The monoisotopic (exact) mass is 765 g/mol. The Morgan fingerprint density at radius 3 is 1.40 bits per heavy atom. The summed E-state index contributed by atoms with van der Waals surface area (Å²) in [5.74, 6) is 0. The molecule has 0 bridgehead atoms. The lowest BCUT2D eigenvalue weighted by Crippen LogP contribution is -2.30. The van der Waals surface area contributed by atoms with E-state index in [9.17, 15) is 0 Å². The zero-order chi connectivity index (χ0) is 39.7. The van der Waals surface area contributed by atoms with E-state index < -0.39 is 10.8 Å². The highest BCUT2D eigenvalue weighted by Gasteiger charge is 2.50. The van der Waals surface area contributed by atoms with Crippen molar-refractivity contribution in [2.24, 2.45) is 0 Å². The maximum Gasteiger partial charge on any atom is 0.135 e. The Morgan fingerprint density at radius 1 is 0.317 bits per heavy atom. The van der Waals surface area contributed by atoms with Crippen molar-refractivity contribution in [3.05, 3.63) is 281 Å². The summed E-state index contributed by atoms with van der Waals surface area (Å²) >= 11 is 0. The van der Waals surface area contributed by atoms with E-state index >= 15 is 0 Å². The summed E-state index contributed by atoms with van der Waals surface area (Å²) in [6.45, 7) is 0. The van der Waals surface area contributed by atoms with Crippen molar-refractivity contribution in [1.29, 1.82) is 0 Å². The van der Waals surface area contributed by atoms with Crippen LogP contribution in [0, 0.1) is 0 Å². The number of hydrogen-bond donors (Lipinski definition) is 0. The highest BCUT2D eigenvalue weighted by Crippen LogP contribution is 2.63. The van der Waals surface area contributed by atoms with E-state index in [0.717, 1.165) is 28.0 Å². The largest absolute Gasteiger partial charge is 0.464 e. The van der Waals surface area contributed by atoms with Gasteiger partial charge < -0.3 is 9.32 Å². The number of benzene rings is 9. The molecule has 282 valence electrons. The summed E-state index contributed by atoms with van der Waals surface area (Å²) in [5.41, 5.74) is 17.9. The van der Waals surface area contributed by atoms with Crippen molar-refractivity contribution >= 4 is 28.0 Å². The molecule has 0 unspecified atom stereocenters. The van der Waals surface area contributed by atoms with Gasteiger partial charge in [0.15, 0.2) is 0 Å². The highest BCUT2D eigenvalue weighted by atomic mass is 16.3. The van der Waals surface area contributed by atoms with E-state index in [1.54, 1.807) is 0 Å². The second kappa shape index (κ2) is 13.4. The minimum Gasteiger partial charge on any atom is -0.464 e. The van der Waals surface area contributed by atoms with Crippen LogP contribution in [-0.4, -0.2) is 0 Å². The molecule has 2 aliphatic rings. The zero-order valence-electron chi connectivity index (χ0n) is 32.9. The highest BCUT2D eigenvalue weighted by molar-refractivity contribution is 6.05. The average molecular weight is 766 g/mol. The second-order valence-electron chi connectivity index (χ2n) is 15.9. The van der Waals surface area contributed by atoms with E-state index in [1.807, 2.05) is 6.26 Å². The Hall–Kier alpha value is -7.68. The third kappa shape index (κ3) is 4.65. The molecular formula is C58H39NO. The molecule has 9 aromatic carbocycles. The van der Waals surface area contributed by atoms with Gasteiger partial charge in [0.05, 0.1) is 34.2 Å². The molecular weight excluding hydrogens is 727 g/mol. The average Bonchev–Trinajstić information content (AvgIpc) is 4.02. The topological polar surface area (TPSA) is 16.4 Å². The molecule has 0 saturated heterocycles. The van der Waals surface area contributed by atoms with Gasteiger partial charge in [0.25, 0.3) is 0 Å². The summed E-state index contributed by atoms with van der Waals surface area (Å²) in [7, 11) is 0. The van der Waals surface area contributed by atoms with Crippen molar-refractivity contribution in [3.63, 3.8) is 0 Å². The van der Waals surface area contributed by atoms with Crippen molar-refractivity contribution < 1.29 is 4.42 Å². The molecule has 1 aromatic heterocycles. The molecule has 12 rings (SSSR count). The van der Waals surface area contributed by atoms with Gasteiger partial charge in [-0.1, -0.05) is 200 Å². The Balaban J connectivity index is 1.24. The van der Waals surface area contributed by atoms with Gasteiger partial charge in [-0.25, -0.2) is 0 Å². The molecule has 2 heteroatoms. The first-order valence-corrected chi connectivity index (χ1v) is 20.8. The van der Waals surface area contributed by atoms with Gasteiger partial charge in [0.2, 0.25) is 0 Å². The molecule has 0 N–H and O–H groups in total. The molecule has 2 aliphatic carbocycles. The normalized spacial score (nSPS) is 13.9. The van der Waals surface area contributed by atoms with Crippen LogP contribution >= 0.6 is 0 Å². The number of nitrogens with zero attached hydrogens (tertiary/aromatic N) is 1. The zero-order valence-corrected chi connectivity index (χ0v) is 32.9. The summed E-state index contributed by atoms with van der Waals surface area (Å²) in [6, 6.07) is 84.8. The van der Waals surface area contributed by atoms with Crippen molar-refractivity contribution in [2.75, 3.05) is 4.90 Å².